The molecule has 0 saturated heterocycles. The summed E-state index contributed by atoms with van der Waals surface area (Å²) in [6, 6.07) is -0.995. The second kappa shape index (κ2) is 33.4. The highest BCUT2D eigenvalue weighted by molar-refractivity contribution is 5.80. The van der Waals surface area contributed by atoms with Gasteiger partial charge in [0.15, 0.2) is 0 Å². The molecule has 262 valence electrons. The number of hydrogen-bond acceptors (Lipinski definition) is 5. The quantitative estimate of drug-likeness (QED) is 0.0362. The van der Waals surface area contributed by atoms with Gasteiger partial charge in [0, 0.05) is 0 Å². The van der Waals surface area contributed by atoms with E-state index < -0.39 is 36.9 Å². The highest BCUT2D eigenvalue weighted by atomic mass is 16.3. The molecule has 0 aliphatic heterocycles. The van der Waals surface area contributed by atoms with Gasteiger partial charge in [0.1, 0.15) is 12.2 Å². The summed E-state index contributed by atoms with van der Waals surface area (Å²) in [5, 5.41) is 43.4. The van der Waals surface area contributed by atoms with Crippen LogP contribution in [0.2, 0.25) is 0 Å². The van der Waals surface area contributed by atoms with Crippen LogP contribution in [0.4, 0.5) is 0 Å². The lowest BCUT2D eigenvalue weighted by atomic mass is 10.00. The summed E-state index contributed by atoms with van der Waals surface area (Å²) in [5.74, 6) is -0.593. The molecule has 0 saturated carbocycles. The van der Waals surface area contributed by atoms with Gasteiger partial charge in [-0.25, -0.2) is 0 Å². The smallest absolute Gasteiger partial charge is 0.249 e. The molecule has 0 heterocycles. The molecule has 5 N–H and O–H groups in total. The van der Waals surface area contributed by atoms with E-state index in [0.29, 0.717) is 12.8 Å². The molecule has 6 heteroatoms. The first-order chi connectivity index (χ1) is 21.5. The molecular formula is C38H75NO5. The molecule has 0 rings (SSSR count). The highest BCUT2D eigenvalue weighted by Crippen LogP contribution is 2.15. The fourth-order valence-electron chi connectivity index (χ4n) is 5.87. The summed E-state index contributed by atoms with van der Waals surface area (Å²) in [4.78, 5) is 12.4. The Morgan fingerprint density at radius 2 is 0.932 bits per heavy atom. The molecule has 0 spiro atoms. The number of carbonyl (C=O) groups excluding carboxylic acids is 1. The lowest BCUT2D eigenvalue weighted by Gasteiger charge is -2.27. The molecule has 0 aliphatic carbocycles. The van der Waals surface area contributed by atoms with Crippen LogP contribution in [-0.4, -0.2) is 57.3 Å². The zero-order valence-corrected chi connectivity index (χ0v) is 29.2. The first kappa shape index (κ1) is 43.0. The topological polar surface area (TPSA) is 110 Å². The van der Waals surface area contributed by atoms with Crippen LogP contribution in [0.15, 0.2) is 12.2 Å². The molecule has 0 aromatic rings. The van der Waals surface area contributed by atoms with Gasteiger partial charge in [-0.05, 0) is 38.5 Å². The summed E-state index contributed by atoms with van der Waals surface area (Å²) < 4.78 is 0. The van der Waals surface area contributed by atoms with Gasteiger partial charge >= 0.3 is 0 Å². The largest absolute Gasteiger partial charge is 0.394 e. The van der Waals surface area contributed by atoms with Crippen molar-refractivity contribution in [1.29, 1.82) is 0 Å². The van der Waals surface area contributed by atoms with Crippen LogP contribution in [-0.2, 0) is 4.79 Å². The van der Waals surface area contributed by atoms with Gasteiger partial charge in [0.2, 0.25) is 5.91 Å². The van der Waals surface area contributed by atoms with Gasteiger partial charge in [0.25, 0.3) is 0 Å². The lowest BCUT2D eigenvalue weighted by molar-refractivity contribution is -0.132. The lowest BCUT2D eigenvalue weighted by Crippen LogP contribution is -2.53. The van der Waals surface area contributed by atoms with Gasteiger partial charge in [0.05, 0.1) is 18.8 Å². The van der Waals surface area contributed by atoms with Crippen molar-refractivity contribution in [1.82, 2.24) is 5.32 Å². The highest BCUT2D eigenvalue weighted by Gasteiger charge is 2.28. The second-order valence-electron chi connectivity index (χ2n) is 13.3. The number of aliphatic hydroxyl groups is 4. The predicted octanol–water partition coefficient (Wildman–Crippen LogP) is 9.07. The predicted molar refractivity (Wildman–Crippen MR) is 187 cm³/mol. The summed E-state index contributed by atoms with van der Waals surface area (Å²) in [6.07, 6.45) is 33.7. The molecule has 4 unspecified atom stereocenters. The van der Waals surface area contributed by atoms with Crippen molar-refractivity contribution < 1.29 is 25.2 Å². The van der Waals surface area contributed by atoms with E-state index in [1.54, 1.807) is 0 Å². The molecule has 44 heavy (non-hydrogen) atoms. The fraction of sp³-hybridized carbons (Fsp3) is 0.921. The van der Waals surface area contributed by atoms with Crippen molar-refractivity contribution in [3.63, 3.8) is 0 Å². The first-order valence-electron chi connectivity index (χ1n) is 19.1. The van der Waals surface area contributed by atoms with E-state index in [9.17, 15) is 25.2 Å². The molecule has 0 aliphatic rings. The van der Waals surface area contributed by atoms with Gasteiger partial charge in [-0.3, -0.25) is 4.79 Å². The maximum atomic E-state index is 12.4. The van der Waals surface area contributed by atoms with Crippen molar-refractivity contribution in [2.24, 2.45) is 0 Å². The van der Waals surface area contributed by atoms with E-state index in [0.717, 1.165) is 38.5 Å². The Balaban J connectivity index is 3.84. The van der Waals surface area contributed by atoms with Crippen molar-refractivity contribution in [3.05, 3.63) is 12.2 Å². The monoisotopic (exact) mass is 626 g/mol. The van der Waals surface area contributed by atoms with Crippen molar-refractivity contribution in [3.8, 4) is 0 Å². The summed E-state index contributed by atoms with van der Waals surface area (Å²) in [7, 11) is 0. The Labute approximate surface area is 272 Å². The van der Waals surface area contributed by atoms with E-state index in [1.807, 2.05) is 0 Å². The summed E-state index contributed by atoms with van der Waals surface area (Å²) >= 11 is 0. The molecule has 0 fully saturated rings. The van der Waals surface area contributed by atoms with E-state index in [4.69, 9.17) is 0 Å². The minimum absolute atomic E-state index is 0.367. The van der Waals surface area contributed by atoms with Crippen LogP contribution in [0.5, 0.6) is 0 Å². The second-order valence-corrected chi connectivity index (χ2v) is 13.3. The van der Waals surface area contributed by atoms with Gasteiger partial charge in [-0.2, -0.15) is 0 Å². The van der Waals surface area contributed by atoms with Crippen LogP contribution in [0.25, 0.3) is 0 Å². The number of hydrogen-bond donors (Lipinski definition) is 5. The Morgan fingerprint density at radius 1 is 0.545 bits per heavy atom. The van der Waals surface area contributed by atoms with E-state index in [2.05, 4.69) is 31.3 Å². The fourth-order valence-corrected chi connectivity index (χ4v) is 5.87. The SMILES string of the molecule is CCCCCCCCCCCC/C=C/CCCC(O)C(O)C(CO)NC(=O)C(O)CCCCCCCCCCCCCCC. The Kier molecular flexibility index (Phi) is 32.7. The minimum Gasteiger partial charge on any atom is -0.394 e. The number of amides is 1. The molecule has 4 atom stereocenters. The van der Waals surface area contributed by atoms with Crippen LogP contribution < -0.4 is 5.32 Å². The van der Waals surface area contributed by atoms with Crippen LogP contribution in [0, 0.1) is 0 Å². The maximum absolute atomic E-state index is 12.4. The summed E-state index contributed by atoms with van der Waals surface area (Å²) in [5.41, 5.74) is 0. The molecule has 6 nitrogen and oxygen atoms in total. The van der Waals surface area contributed by atoms with Crippen molar-refractivity contribution >= 4 is 5.91 Å². The van der Waals surface area contributed by atoms with E-state index in [-0.39, 0.29) is 0 Å². The zero-order chi connectivity index (χ0) is 32.5. The van der Waals surface area contributed by atoms with Crippen molar-refractivity contribution in [2.45, 2.75) is 218 Å². The maximum Gasteiger partial charge on any atom is 0.249 e. The number of unbranched alkanes of at least 4 members (excludes halogenated alkanes) is 23. The number of rotatable bonds is 34. The molecular weight excluding hydrogens is 550 g/mol. The van der Waals surface area contributed by atoms with Gasteiger partial charge < -0.3 is 25.7 Å². The Hall–Kier alpha value is -0.950. The molecule has 0 aromatic carbocycles. The van der Waals surface area contributed by atoms with Crippen LogP contribution in [0.3, 0.4) is 0 Å². The average molecular weight is 626 g/mol. The number of nitrogens with one attached hydrogen (secondary N) is 1. The van der Waals surface area contributed by atoms with Gasteiger partial charge in [-0.1, -0.05) is 167 Å². The third-order valence-electron chi connectivity index (χ3n) is 8.98. The first-order valence-corrected chi connectivity index (χ1v) is 19.1. The molecule has 0 aromatic heterocycles. The minimum atomic E-state index is -1.27. The Bertz CT molecular complexity index is 628. The van der Waals surface area contributed by atoms with E-state index in [1.165, 1.54) is 128 Å². The number of aliphatic hydroxyl groups excluding tert-OH is 4. The molecule has 1 amide bonds. The third-order valence-corrected chi connectivity index (χ3v) is 8.98. The number of carbonyl (C=O) groups is 1. The van der Waals surface area contributed by atoms with Crippen molar-refractivity contribution in [2.75, 3.05) is 6.61 Å². The standard InChI is InChI=1S/C38H75NO5/c1-3-5-7-9-11-13-15-17-18-20-21-23-25-27-29-31-35(41)37(43)34(33-40)39-38(44)36(42)32-30-28-26-24-22-19-16-14-12-10-8-6-4-2/h23,25,34-37,40-43H,3-22,24,26-33H2,1-2H3,(H,39,44)/b25-23+. The Morgan fingerprint density at radius 3 is 1.36 bits per heavy atom. The van der Waals surface area contributed by atoms with E-state index >= 15 is 0 Å². The average Bonchev–Trinajstić information content (AvgIpc) is 3.03. The third kappa shape index (κ3) is 27.4. The van der Waals surface area contributed by atoms with Crippen LogP contribution in [0.1, 0.15) is 194 Å². The van der Waals surface area contributed by atoms with Crippen LogP contribution >= 0.6 is 0 Å². The molecule has 0 radical (unpaired) electrons. The molecule has 0 bridgehead atoms. The number of allylic oxidation sites excluding steroid dienone is 2. The normalized spacial score (nSPS) is 14.6. The summed E-state index contributed by atoms with van der Waals surface area (Å²) in [6.45, 7) is 4.02. The van der Waals surface area contributed by atoms with Gasteiger partial charge in [-0.15, -0.1) is 0 Å². The zero-order valence-electron chi connectivity index (χ0n) is 29.2.